The highest BCUT2D eigenvalue weighted by atomic mass is 15.1. The van der Waals surface area contributed by atoms with Gasteiger partial charge in [-0.2, -0.15) is 0 Å². The van der Waals surface area contributed by atoms with Crippen molar-refractivity contribution in [3.63, 3.8) is 0 Å². The summed E-state index contributed by atoms with van der Waals surface area (Å²) in [7, 11) is 0. The fourth-order valence-corrected chi connectivity index (χ4v) is 6.22. The third-order valence-corrected chi connectivity index (χ3v) is 7.39. The van der Waals surface area contributed by atoms with Gasteiger partial charge in [0.05, 0.1) is 0 Å². The van der Waals surface area contributed by atoms with Crippen molar-refractivity contribution in [2.75, 3.05) is 13.1 Å². The van der Waals surface area contributed by atoms with Crippen molar-refractivity contribution < 1.29 is 0 Å². The zero-order valence-corrected chi connectivity index (χ0v) is 21.9. The largest absolute Gasteiger partial charge is 0.309 e. The van der Waals surface area contributed by atoms with Gasteiger partial charge in [-0.25, -0.2) is 0 Å². The average molecular weight is 463 g/mol. The van der Waals surface area contributed by atoms with Gasteiger partial charge in [0.2, 0.25) is 0 Å². The molecule has 2 aliphatic rings. The van der Waals surface area contributed by atoms with Crippen LogP contribution in [0.4, 0.5) is 0 Å². The van der Waals surface area contributed by atoms with E-state index in [1.165, 1.54) is 36.8 Å². The van der Waals surface area contributed by atoms with Crippen LogP contribution in [0, 0.1) is 5.92 Å². The fourth-order valence-electron chi connectivity index (χ4n) is 6.22. The molecule has 4 N–H and O–H groups in total. The Labute approximate surface area is 207 Å². The highest BCUT2D eigenvalue weighted by molar-refractivity contribution is 5.23. The molecule has 5 atom stereocenters. The molecule has 0 saturated carbocycles. The monoisotopic (exact) mass is 462 g/mol. The molecule has 0 amide bonds. The van der Waals surface area contributed by atoms with E-state index < -0.39 is 0 Å². The summed E-state index contributed by atoms with van der Waals surface area (Å²) < 4.78 is 0. The zero-order chi connectivity index (χ0) is 24.2. The smallest absolute Gasteiger partial charge is 0.0476 e. The maximum absolute atomic E-state index is 4.09. The Balaban J connectivity index is 1.42. The van der Waals surface area contributed by atoms with E-state index in [2.05, 4.69) is 117 Å². The SMILES string of the molecule is CC(C)(C)N[C@@H]1CC(CC(C)(C)N[C@H]2CCCN[C@@H]2c2ccccc2)CNC1c1ccccc1. The summed E-state index contributed by atoms with van der Waals surface area (Å²) in [4.78, 5) is 0. The summed E-state index contributed by atoms with van der Waals surface area (Å²) in [5, 5.41) is 15.7. The predicted octanol–water partition coefficient (Wildman–Crippen LogP) is 5.35. The lowest BCUT2D eigenvalue weighted by Gasteiger charge is -2.45. The van der Waals surface area contributed by atoms with E-state index >= 15 is 0 Å². The number of benzene rings is 2. The van der Waals surface area contributed by atoms with Crippen LogP contribution >= 0.6 is 0 Å². The molecule has 2 aromatic carbocycles. The Kier molecular flexibility index (Phi) is 8.14. The molecule has 0 spiro atoms. The molecule has 0 bridgehead atoms. The van der Waals surface area contributed by atoms with Crippen LogP contribution in [0.25, 0.3) is 0 Å². The van der Waals surface area contributed by atoms with E-state index in [1.54, 1.807) is 0 Å². The van der Waals surface area contributed by atoms with Gasteiger partial charge in [-0.3, -0.25) is 0 Å². The van der Waals surface area contributed by atoms with Crippen LogP contribution in [0.3, 0.4) is 0 Å². The highest BCUT2D eigenvalue weighted by Crippen LogP contribution is 2.33. The molecular formula is C30H46N4. The number of hydrogen-bond donors (Lipinski definition) is 4. The van der Waals surface area contributed by atoms with Gasteiger partial charge < -0.3 is 21.3 Å². The number of rotatable bonds is 7. The number of hydrogen-bond acceptors (Lipinski definition) is 4. The quantitative estimate of drug-likeness (QED) is 0.448. The lowest BCUT2D eigenvalue weighted by Crippen LogP contribution is -2.57. The van der Waals surface area contributed by atoms with Crippen LogP contribution < -0.4 is 21.3 Å². The summed E-state index contributed by atoms with van der Waals surface area (Å²) in [5.41, 5.74) is 2.95. The normalized spacial score (nSPS) is 28.6. The summed E-state index contributed by atoms with van der Waals surface area (Å²) in [6, 6.07) is 23.5. The van der Waals surface area contributed by atoms with Crippen molar-refractivity contribution in [2.24, 2.45) is 5.92 Å². The van der Waals surface area contributed by atoms with Gasteiger partial charge in [-0.1, -0.05) is 60.7 Å². The Morgan fingerprint density at radius 2 is 1.35 bits per heavy atom. The topological polar surface area (TPSA) is 48.1 Å². The van der Waals surface area contributed by atoms with Crippen LogP contribution in [0.2, 0.25) is 0 Å². The second kappa shape index (κ2) is 10.9. The van der Waals surface area contributed by atoms with Gasteiger partial charge in [-0.15, -0.1) is 0 Å². The first kappa shape index (κ1) is 25.4. The van der Waals surface area contributed by atoms with E-state index in [-0.39, 0.29) is 11.1 Å². The zero-order valence-electron chi connectivity index (χ0n) is 21.9. The number of nitrogens with one attached hydrogen (secondary N) is 4. The minimum absolute atomic E-state index is 0.0783. The molecular weight excluding hydrogens is 416 g/mol. The molecule has 2 saturated heterocycles. The van der Waals surface area contributed by atoms with Crippen molar-refractivity contribution in [2.45, 2.75) is 95.5 Å². The standard InChI is InChI=1S/C30H46N4/c1-29(2,3)33-26-19-22(21-32-28(26)24-15-10-7-11-16-24)20-30(4,5)34-25-17-12-18-31-27(25)23-13-8-6-9-14-23/h6-11,13-16,22,25-28,31-34H,12,17-21H2,1-5H3/t22?,25-,26+,27+,28?/m0/s1. The third kappa shape index (κ3) is 6.91. The van der Waals surface area contributed by atoms with Gasteiger partial charge in [0, 0.05) is 35.2 Å². The van der Waals surface area contributed by atoms with Crippen LogP contribution in [0.1, 0.15) is 83.5 Å². The first-order valence-corrected chi connectivity index (χ1v) is 13.3. The van der Waals surface area contributed by atoms with Crippen LogP contribution in [0.15, 0.2) is 60.7 Å². The second-order valence-electron chi connectivity index (χ2n) is 12.2. The molecule has 0 aliphatic carbocycles. The van der Waals surface area contributed by atoms with Crippen molar-refractivity contribution in [1.29, 1.82) is 0 Å². The van der Waals surface area contributed by atoms with Gasteiger partial charge >= 0.3 is 0 Å². The van der Waals surface area contributed by atoms with Crippen molar-refractivity contribution >= 4 is 0 Å². The van der Waals surface area contributed by atoms with E-state index in [9.17, 15) is 0 Å². The summed E-state index contributed by atoms with van der Waals surface area (Å²) in [6.07, 6.45) is 4.82. The predicted molar refractivity (Wildman–Crippen MR) is 144 cm³/mol. The Hall–Kier alpha value is -1.72. The van der Waals surface area contributed by atoms with Crippen molar-refractivity contribution in [3.05, 3.63) is 71.8 Å². The molecule has 4 heteroatoms. The molecule has 2 fully saturated rings. The summed E-state index contributed by atoms with van der Waals surface area (Å²) in [6.45, 7) is 13.8. The van der Waals surface area contributed by atoms with E-state index in [0.29, 0.717) is 30.1 Å². The minimum atomic E-state index is 0.0783. The van der Waals surface area contributed by atoms with Crippen molar-refractivity contribution in [1.82, 2.24) is 21.3 Å². The van der Waals surface area contributed by atoms with Crippen molar-refractivity contribution in [3.8, 4) is 0 Å². The molecule has 4 rings (SSSR count). The lowest BCUT2D eigenvalue weighted by molar-refractivity contribution is 0.158. The van der Waals surface area contributed by atoms with Crippen LogP contribution in [-0.2, 0) is 0 Å². The second-order valence-corrected chi connectivity index (χ2v) is 12.2. The molecule has 186 valence electrons. The van der Waals surface area contributed by atoms with Gasteiger partial charge in [-0.05, 0) is 90.4 Å². The molecule has 2 aromatic rings. The molecule has 2 aliphatic heterocycles. The Morgan fingerprint density at radius 1 is 0.765 bits per heavy atom. The molecule has 0 radical (unpaired) electrons. The minimum Gasteiger partial charge on any atom is -0.309 e. The fraction of sp³-hybridized carbons (Fsp3) is 0.600. The molecule has 34 heavy (non-hydrogen) atoms. The van der Waals surface area contributed by atoms with Gasteiger partial charge in [0.1, 0.15) is 0 Å². The maximum atomic E-state index is 4.09. The van der Waals surface area contributed by atoms with Crippen LogP contribution in [0.5, 0.6) is 0 Å². The highest BCUT2D eigenvalue weighted by Gasteiger charge is 2.37. The van der Waals surface area contributed by atoms with Crippen LogP contribution in [-0.4, -0.2) is 36.3 Å². The Morgan fingerprint density at radius 3 is 1.94 bits per heavy atom. The number of piperidine rings is 2. The van der Waals surface area contributed by atoms with E-state index in [0.717, 1.165) is 13.1 Å². The first-order chi connectivity index (χ1) is 16.2. The third-order valence-electron chi connectivity index (χ3n) is 7.39. The maximum Gasteiger partial charge on any atom is 0.0476 e. The average Bonchev–Trinajstić information content (AvgIpc) is 2.79. The van der Waals surface area contributed by atoms with Gasteiger partial charge in [0.25, 0.3) is 0 Å². The molecule has 2 heterocycles. The summed E-state index contributed by atoms with van der Waals surface area (Å²) >= 11 is 0. The first-order valence-electron chi connectivity index (χ1n) is 13.3. The Bertz CT molecular complexity index is 874. The molecule has 0 aromatic heterocycles. The van der Waals surface area contributed by atoms with E-state index in [1.807, 2.05) is 0 Å². The molecule has 2 unspecified atom stereocenters. The van der Waals surface area contributed by atoms with E-state index in [4.69, 9.17) is 0 Å². The molecule has 4 nitrogen and oxygen atoms in total. The summed E-state index contributed by atoms with van der Waals surface area (Å²) in [5.74, 6) is 0.633. The van der Waals surface area contributed by atoms with Gasteiger partial charge in [0.15, 0.2) is 0 Å². The lowest BCUT2D eigenvalue weighted by atomic mass is 9.79.